The molecule has 2 heterocycles. The number of aliphatic hydroxyl groups excluding tert-OH is 2. The van der Waals surface area contributed by atoms with Gasteiger partial charge in [0.05, 0.1) is 0 Å². The molecule has 0 bridgehead atoms. The van der Waals surface area contributed by atoms with Crippen LogP contribution >= 0.6 is 0 Å². The summed E-state index contributed by atoms with van der Waals surface area (Å²) < 4.78 is 28.6. The molecule has 1 saturated heterocycles. The van der Waals surface area contributed by atoms with E-state index in [1.54, 1.807) is 12.1 Å². The summed E-state index contributed by atoms with van der Waals surface area (Å²) >= 11 is 0. The van der Waals surface area contributed by atoms with Crippen LogP contribution in [0.2, 0.25) is 0 Å². The van der Waals surface area contributed by atoms with Gasteiger partial charge in [0.1, 0.15) is 64.6 Å². The summed E-state index contributed by atoms with van der Waals surface area (Å²) in [5, 5.41) is 71.5. The summed E-state index contributed by atoms with van der Waals surface area (Å²) in [6, 6.07) is 19.0. The minimum Gasteiger partial charge on any atom is -0.508 e. The fourth-order valence-corrected chi connectivity index (χ4v) is 5.44. The maximum Gasteiger partial charge on any atom is 0.331 e. The van der Waals surface area contributed by atoms with E-state index in [-0.39, 0.29) is 34.2 Å². The fraction of sp³-hybridized carbons (Fsp3) is 0.154. The quantitative estimate of drug-likeness (QED) is 0.0798. The number of ether oxygens (including phenoxy) is 4. The highest BCUT2D eigenvalue weighted by molar-refractivity contribution is 5.89. The third kappa shape index (κ3) is 8.45. The first-order chi connectivity index (χ1) is 25.9. The second-order valence-electron chi connectivity index (χ2n) is 12.0. The number of carbonyl (C=O) groups excluding carboxylic acids is 2. The van der Waals surface area contributed by atoms with E-state index in [4.69, 9.17) is 23.4 Å². The topological polar surface area (TPSA) is 243 Å². The van der Waals surface area contributed by atoms with E-state index < -0.39 is 77.3 Å². The number of esters is 2. The number of carbonyl (C=O) groups is 2. The van der Waals surface area contributed by atoms with E-state index in [0.717, 1.165) is 24.3 Å². The SMILES string of the molecule is O=C(/C=C/c1ccc(O)cc1)OCC1O[C@@H](Oc2c(-c3ccc(O)cc3)oc3cc(O)cc(O)c3c2=O)C(OC(=O)/C=C/c2ccc(O)cc2)C(O)[C@H]1O. The molecule has 15 heteroatoms. The molecule has 7 N–H and O–H groups in total. The van der Waals surface area contributed by atoms with Crippen molar-refractivity contribution < 1.29 is 68.7 Å². The second-order valence-corrected chi connectivity index (χ2v) is 12.0. The Morgan fingerprint density at radius 2 is 1.26 bits per heavy atom. The van der Waals surface area contributed by atoms with Crippen molar-refractivity contribution in [2.45, 2.75) is 30.7 Å². The molecule has 1 aliphatic rings. The third-order valence-electron chi connectivity index (χ3n) is 8.18. The number of aliphatic hydroxyl groups is 2. The number of rotatable bonds is 10. The molecule has 0 saturated carbocycles. The lowest BCUT2D eigenvalue weighted by molar-refractivity contribution is -0.282. The summed E-state index contributed by atoms with van der Waals surface area (Å²) in [6.07, 6.45) is -4.24. The lowest BCUT2D eigenvalue weighted by atomic mass is 9.99. The normalized spacial score (nSPS) is 19.9. The zero-order valence-corrected chi connectivity index (χ0v) is 27.9. The Morgan fingerprint density at radius 1 is 0.704 bits per heavy atom. The minimum atomic E-state index is -1.96. The van der Waals surface area contributed by atoms with Crippen molar-refractivity contribution in [3.8, 4) is 45.8 Å². The van der Waals surface area contributed by atoms with Gasteiger partial charge in [-0.15, -0.1) is 0 Å². The molecule has 0 radical (unpaired) electrons. The Labute approximate surface area is 305 Å². The van der Waals surface area contributed by atoms with Gasteiger partial charge in [0, 0.05) is 29.8 Å². The maximum absolute atomic E-state index is 14.0. The van der Waals surface area contributed by atoms with Gasteiger partial charge in [0.2, 0.25) is 17.5 Å². The molecular formula is C39H32O15. The van der Waals surface area contributed by atoms with Crippen LogP contribution < -0.4 is 10.2 Å². The van der Waals surface area contributed by atoms with Gasteiger partial charge in [0.25, 0.3) is 0 Å². The van der Waals surface area contributed by atoms with Crippen LogP contribution in [0.5, 0.6) is 34.5 Å². The standard InChI is InChI=1S/C39H32O15/c40-23-9-1-20(2-10-23)5-15-30(45)50-19-29-33(47)35(49)38(53-31(46)16-6-21-3-11-24(41)12-4-21)39(52-29)54-37-34(48)32-27(44)17-26(43)18-28(32)51-36(37)22-7-13-25(42)14-8-22/h1-18,29,33,35,38-44,47,49H,19H2/b15-5+,16-6+/t29?,33-,35?,38?,39-/m0/s1. The van der Waals surface area contributed by atoms with Gasteiger partial charge in [0.15, 0.2) is 11.9 Å². The van der Waals surface area contributed by atoms with Gasteiger partial charge >= 0.3 is 11.9 Å². The van der Waals surface area contributed by atoms with Crippen LogP contribution in [0.1, 0.15) is 11.1 Å². The summed E-state index contributed by atoms with van der Waals surface area (Å²) in [5.74, 6) is -4.04. The molecule has 15 nitrogen and oxygen atoms in total. The van der Waals surface area contributed by atoms with Gasteiger partial charge in [-0.25, -0.2) is 9.59 Å². The molecule has 4 aromatic carbocycles. The lowest BCUT2D eigenvalue weighted by Gasteiger charge is -2.41. The Bertz CT molecular complexity index is 2260. The van der Waals surface area contributed by atoms with Crippen LogP contribution in [0.3, 0.4) is 0 Å². The van der Waals surface area contributed by atoms with E-state index in [0.29, 0.717) is 11.1 Å². The molecule has 0 aliphatic carbocycles. The van der Waals surface area contributed by atoms with Gasteiger partial charge in [-0.1, -0.05) is 24.3 Å². The highest BCUT2D eigenvalue weighted by Gasteiger charge is 2.49. The number of phenolic OH excluding ortho intramolecular Hbond substituents is 5. The number of phenols is 5. The Kier molecular flexibility index (Phi) is 10.8. The van der Waals surface area contributed by atoms with E-state index in [1.165, 1.54) is 72.8 Å². The molecule has 1 fully saturated rings. The molecule has 6 rings (SSSR count). The summed E-state index contributed by atoms with van der Waals surface area (Å²) in [4.78, 5) is 39.6. The number of fused-ring (bicyclic) bond motifs is 1. The van der Waals surface area contributed by atoms with Crippen LogP contribution in [0.4, 0.5) is 0 Å². The van der Waals surface area contributed by atoms with Crippen molar-refractivity contribution in [1.29, 1.82) is 0 Å². The smallest absolute Gasteiger partial charge is 0.331 e. The summed E-state index contributed by atoms with van der Waals surface area (Å²) in [6.45, 7) is -0.657. The van der Waals surface area contributed by atoms with Crippen molar-refractivity contribution in [2.75, 3.05) is 6.61 Å². The monoisotopic (exact) mass is 740 g/mol. The van der Waals surface area contributed by atoms with Gasteiger partial charge < -0.3 is 59.1 Å². The first-order valence-corrected chi connectivity index (χ1v) is 16.2. The maximum atomic E-state index is 14.0. The lowest BCUT2D eigenvalue weighted by Crippen LogP contribution is -2.61. The van der Waals surface area contributed by atoms with Crippen molar-refractivity contribution in [3.05, 3.63) is 118 Å². The third-order valence-corrected chi connectivity index (χ3v) is 8.18. The zero-order valence-electron chi connectivity index (χ0n) is 27.9. The van der Waals surface area contributed by atoms with Crippen LogP contribution in [-0.4, -0.2) is 85.0 Å². The van der Waals surface area contributed by atoms with E-state index in [9.17, 15) is 50.1 Å². The van der Waals surface area contributed by atoms with E-state index >= 15 is 0 Å². The predicted molar refractivity (Wildman–Crippen MR) is 189 cm³/mol. The Morgan fingerprint density at radius 3 is 1.85 bits per heavy atom. The van der Waals surface area contributed by atoms with Crippen LogP contribution in [0.15, 0.2) is 106 Å². The molecule has 0 amide bonds. The average Bonchev–Trinajstić information content (AvgIpc) is 3.14. The number of benzene rings is 4. The number of aromatic hydroxyl groups is 5. The predicted octanol–water partition coefficient (Wildman–Crippen LogP) is 3.70. The largest absolute Gasteiger partial charge is 0.508 e. The molecule has 1 aromatic heterocycles. The molecule has 3 unspecified atom stereocenters. The van der Waals surface area contributed by atoms with Crippen LogP contribution in [-0.2, 0) is 23.8 Å². The molecule has 278 valence electrons. The molecule has 1 aliphatic heterocycles. The van der Waals surface area contributed by atoms with Crippen molar-refractivity contribution >= 4 is 35.1 Å². The highest BCUT2D eigenvalue weighted by atomic mass is 16.7. The van der Waals surface area contributed by atoms with Crippen LogP contribution in [0, 0.1) is 0 Å². The van der Waals surface area contributed by atoms with Crippen LogP contribution in [0.25, 0.3) is 34.4 Å². The first kappa shape index (κ1) is 37.0. The van der Waals surface area contributed by atoms with Gasteiger partial charge in [-0.05, 0) is 71.8 Å². The van der Waals surface area contributed by atoms with Crippen molar-refractivity contribution in [2.24, 2.45) is 0 Å². The Balaban J connectivity index is 1.33. The number of hydrogen-bond donors (Lipinski definition) is 7. The minimum absolute atomic E-state index is 0.00487. The summed E-state index contributed by atoms with van der Waals surface area (Å²) in [5.41, 5.74) is -0.0115. The molecular weight excluding hydrogens is 708 g/mol. The van der Waals surface area contributed by atoms with Gasteiger partial charge in [-0.3, -0.25) is 4.79 Å². The Hall–Kier alpha value is -6.81. The molecule has 5 aromatic rings. The number of hydrogen-bond acceptors (Lipinski definition) is 15. The van der Waals surface area contributed by atoms with Crippen molar-refractivity contribution in [3.63, 3.8) is 0 Å². The average molecular weight is 741 g/mol. The van der Waals surface area contributed by atoms with Gasteiger partial charge in [-0.2, -0.15) is 0 Å². The molecule has 0 spiro atoms. The molecule has 54 heavy (non-hydrogen) atoms. The second kappa shape index (κ2) is 15.8. The first-order valence-electron chi connectivity index (χ1n) is 16.2. The zero-order chi connectivity index (χ0) is 38.5. The van der Waals surface area contributed by atoms with E-state index in [1.807, 2.05) is 0 Å². The highest BCUT2D eigenvalue weighted by Crippen LogP contribution is 2.38. The molecule has 5 atom stereocenters. The van der Waals surface area contributed by atoms with E-state index in [2.05, 4.69) is 0 Å². The fourth-order valence-electron chi connectivity index (χ4n) is 5.44. The van der Waals surface area contributed by atoms with Crippen molar-refractivity contribution in [1.82, 2.24) is 0 Å². The summed E-state index contributed by atoms with van der Waals surface area (Å²) in [7, 11) is 0.